The molecule has 0 radical (unpaired) electrons. The highest BCUT2D eigenvalue weighted by molar-refractivity contribution is 5.84. The maximum absolute atomic E-state index is 14.8. The number of hydrogen-bond acceptors (Lipinski definition) is 7. The summed E-state index contributed by atoms with van der Waals surface area (Å²) in [5.41, 5.74) is 1.90. The summed E-state index contributed by atoms with van der Waals surface area (Å²) >= 11 is 0. The summed E-state index contributed by atoms with van der Waals surface area (Å²) in [7, 11) is 2.05. The molecule has 0 spiro atoms. The van der Waals surface area contributed by atoms with E-state index < -0.39 is 11.6 Å². The molecular weight excluding hydrogens is 438 g/mol. The fraction of sp³-hybridized carbons (Fsp3) is 0.333. The highest BCUT2D eigenvalue weighted by Gasteiger charge is 2.20. The van der Waals surface area contributed by atoms with Crippen LogP contribution in [0.25, 0.3) is 22.2 Å². The smallest absolute Gasteiger partial charge is 0.229 e. The van der Waals surface area contributed by atoms with Gasteiger partial charge >= 0.3 is 0 Å². The van der Waals surface area contributed by atoms with E-state index >= 15 is 0 Å². The Morgan fingerprint density at radius 2 is 1.97 bits per heavy atom. The van der Waals surface area contributed by atoms with Gasteiger partial charge in [-0.3, -0.25) is 4.68 Å². The molecule has 0 amide bonds. The second-order valence-electron chi connectivity index (χ2n) is 8.75. The highest BCUT2D eigenvalue weighted by Crippen LogP contribution is 2.29. The zero-order chi connectivity index (χ0) is 23.8. The second-order valence-corrected chi connectivity index (χ2v) is 8.75. The Morgan fingerprint density at radius 1 is 1.12 bits per heavy atom. The van der Waals surface area contributed by atoms with E-state index in [2.05, 4.69) is 42.6 Å². The summed E-state index contributed by atoms with van der Waals surface area (Å²) in [5.74, 6) is -0.428. The molecule has 5 rings (SSSR count). The third kappa shape index (κ3) is 4.16. The van der Waals surface area contributed by atoms with E-state index in [1.165, 1.54) is 12.3 Å². The van der Waals surface area contributed by atoms with Crippen LogP contribution in [-0.2, 0) is 0 Å². The van der Waals surface area contributed by atoms with Gasteiger partial charge in [0, 0.05) is 31.2 Å². The van der Waals surface area contributed by atoms with Crippen molar-refractivity contribution in [1.29, 1.82) is 0 Å². The first kappa shape index (κ1) is 22.1. The lowest BCUT2D eigenvalue weighted by atomic mass is 10.1. The number of likely N-dealkylation sites (N-methyl/N-ethyl adjacent to an activating group) is 1. The lowest BCUT2D eigenvalue weighted by Gasteiger charge is -2.25. The molecule has 0 aliphatic carbocycles. The Kier molecular flexibility index (Phi) is 5.82. The van der Waals surface area contributed by atoms with Gasteiger partial charge in [-0.1, -0.05) is 0 Å². The van der Waals surface area contributed by atoms with E-state index in [0.717, 1.165) is 31.4 Å². The highest BCUT2D eigenvalue weighted by atomic mass is 19.1. The Balaban J connectivity index is 1.42. The largest absolute Gasteiger partial charge is 0.369 e. The van der Waals surface area contributed by atoms with Crippen molar-refractivity contribution in [3.05, 3.63) is 54.5 Å². The zero-order valence-electron chi connectivity index (χ0n) is 19.3. The van der Waals surface area contributed by atoms with Gasteiger partial charge in [-0.2, -0.15) is 5.10 Å². The number of fused-ring (bicyclic) bond motifs is 1. The number of halogens is 2. The van der Waals surface area contributed by atoms with Gasteiger partial charge in [-0.05, 0) is 51.1 Å². The molecule has 1 saturated heterocycles. The molecule has 10 heteroatoms. The predicted octanol–water partition coefficient (Wildman–Crippen LogP) is 4.29. The average Bonchev–Trinajstić information content (AvgIpc) is 3.51. The Hall–Kier alpha value is -3.66. The van der Waals surface area contributed by atoms with Crippen LogP contribution in [0.1, 0.15) is 26.3 Å². The summed E-state index contributed by atoms with van der Waals surface area (Å²) in [4.78, 5) is 15.0. The van der Waals surface area contributed by atoms with Crippen molar-refractivity contribution in [1.82, 2.24) is 30.0 Å². The van der Waals surface area contributed by atoms with E-state index in [9.17, 15) is 8.78 Å². The van der Waals surface area contributed by atoms with Crippen molar-refractivity contribution in [2.24, 2.45) is 0 Å². The van der Waals surface area contributed by atoms with Gasteiger partial charge in [0.05, 0.1) is 35.2 Å². The number of benzene rings is 1. The Labute approximate surface area is 196 Å². The van der Waals surface area contributed by atoms with Crippen molar-refractivity contribution in [2.45, 2.75) is 32.4 Å². The molecule has 1 aliphatic rings. The van der Waals surface area contributed by atoms with E-state index in [4.69, 9.17) is 0 Å². The molecule has 1 aliphatic heterocycles. The van der Waals surface area contributed by atoms with Gasteiger partial charge in [0.15, 0.2) is 5.82 Å². The normalized spacial score (nSPS) is 15.9. The molecule has 4 aromatic rings. The lowest BCUT2D eigenvalue weighted by molar-refractivity contribution is 0.550. The molecule has 1 aromatic carbocycles. The van der Waals surface area contributed by atoms with Gasteiger partial charge in [-0.15, -0.1) is 0 Å². The van der Waals surface area contributed by atoms with Crippen molar-refractivity contribution in [3.63, 3.8) is 0 Å². The molecule has 3 aromatic heterocycles. The number of nitrogens with one attached hydrogen (secondary N) is 2. The summed E-state index contributed by atoms with van der Waals surface area (Å²) < 4.78 is 31.1. The molecule has 4 heterocycles. The van der Waals surface area contributed by atoms with Crippen molar-refractivity contribution < 1.29 is 8.78 Å². The zero-order valence-corrected chi connectivity index (χ0v) is 19.3. The number of anilines is 3. The minimum absolute atomic E-state index is 0.0000991. The van der Waals surface area contributed by atoms with Crippen molar-refractivity contribution >= 4 is 28.4 Å². The fourth-order valence-electron chi connectivity index (χ4n) is 4.24. The molecule has 1 atom stereocenters. The third-order valence-corrected chi connectivity index (χ3v) is 6.15. The van der Waals surface area contributed by atoms with E-state index in [1.54, 1.807) is 16.9 Å². The Morgan fingerprint density at radius 3 is 2.68 bits per heavy atom. The van der Waals surface area contributed by atoms with Crippen LogP contribution in [0.5, 0.6) is 0 Å². The number of rotatable bonds is 6. The first-order chi connectivity index (χ1) is 16.4. The van der Waals surface area contributed by atoms with Crippen LogP contribution >= 0.6 is 0 Å². The maximum Gasteiger partial charge on any atom is 0.229 e. The van der Waals surface area contributed by atoms with Crippen LogP contribution in [0.2, 0.25) is 0 Å². The van der Waals surface area contributed by atoms with Gasteiger partial charge < -0.3 is 15.5 Å². The minimum Gasteiger partial charge on any atom is -0.369 e. The molecule has 1 unspecified atom stereocenters. The summed E-state index contributed by atoms with van der Waals surface area (Å²) in [6.45, 7) is 5.87. The standard InChI is InChI=1S/C24H26F2N8/c1-14(2)34-21-9-15(8-19(25)18(21)12-30-34)23-20(26)13-29-24(32-23)31-22-5-4-16(11-28-22)33(3)17-6-7-27-10-17/h4-5,8-9,11-14,17,27H,6-7,10H2,1-3H3,(H,28,29,31,32). The van der Waals surface area contributed by atoms with Crippen LogP contribution in [0.3, 0.4) is 0 Å². The van der Waals surface area contributed by atoms with Crippen LogP contribution in [0, 0.1) is 11.6 Å². The maximum atomic E-state index is 14.8. The monoisotopic (exact) mass is 464 g/mol. The van der Waals surface area contributed by atoms with Crippen LogP contribution in [-0.4, -0.2) is 50.9 Å². The molecule has 8 nitrogen and oxygen atoms in total. The molecular formula is C24H26F2N8. The number of pyridine rings is 1. The molecule has 0 saturated carbocycles. The molecule has 176 valence electrons. The summed E-state index contributed by atoms with van der Waals surface area (Å²) in [5, 5.41) is 11.0. The van der Waals surface area contributed by atoms with Gasteiger partial charge in [-0.25, -0.2) is 23.7 Å². The summed E-state index contributed by atoms with van der Waals surface area (Å²) in [6, 6.07) is 7.22. The number of nitrogens with zero attached hydrogens (tertiary/aromatic N) is 6. The van der Waals surface area contributed by atoms with Crippen LogP contribution in [0.4, 0.5) is 26.2 Å². The minimum atomic E-state index is -0.644. The molecule has 0 bridgehead atoms. The number of hydrogen-bond donors (Lipinski definition) is 2. The van der Waals surface area contributed by atoms with Gasteiger partial charge in [0.1, 0.15) is 17.3 Å². The summed E-state index contributed by atoms with van der Waals surface area (Å²) in [6.07, 6.45) is 5.42. The van der Waals surface area contributed by atoms with Crippen LogP contribution in [0.15, 0.2) is 42.9 Å². The average molecular weight is 465 g/mol. The first-order valence-electron chi connectivity index (χ1n) is 11.3. The van der Waals surface area contributed by atoms with Crippen molar-refractivity contribution in [3.8, 4) is 11.3 Å². The Bertz CT molecular complexity index is 1310. The topological polar surface area (TPSA) is 83.8 Å². The van der Waals surface area contributed by atoms with Crippen LogP contribution < -0.4 is 15.5 Å². The van der Waals surface area contributed by atoms with E-state index in [0.29, 0.717) is 28.3 Å². The third-order valence-electron chi connectivity index (χ3n) is 6.15. The second kappa shape index (κ2) is 8.94. The van der Waals surface area contributed by atoms with Crippen molar-refractivity contribution in [2.75, 3.05) is 30.4 Å². The predicted molar refractivity (Wildman–Crippen MR) is 128 cm³/mol. The lowest BCUT2D eigenvalue weighted by Crippen LogP contribution is -2.33. The van der Waals surface area contributed by atoms with Gasteiger partial charge in [0.2, 0.25) is 5.95 Å². The number of aromatic nitrogens is 5. The molecule has 34 heavy (non-hydrogen) atoms. The molecule has 1 fully saturated rings. The quantitative estimate of drug-likeness (QED) is 0.440. The fourth-order valence-corrected chi connectivity index (χ4v) is 4.24. The van der Waals surface area contributed by atoms with Gasteiger partial charge in [0.25, 0.3) is 0 Å². The SMILES string of the molecule is CC(C)n1ncc2c(F)cc(-c3nc(Nc4ccc(N(C)C5CCNC5)cn4)ncc3F)cc21. The van der Waals surface area contributed by atoms with E-state index in [1.807, 2.05) is 26.0 Å². The first-order valence-corrected chi connectivity index (χ1v) is 11.3. The molecule has 2 N–H and O–H groups in total. The van der Waals surface area contributed by atoms with E-state index in [-0.39, 0.29) is 17.7 Å².